The third-order valence-electron chi connectivity index (χ3n) is 19.3. The Morgan fingerprint density at radius 1 is 0.172 bits per heavy atom. The SMILES string of the molecule is c1ccc(-c2ccc3c(c2)c2cc(-c4cccc(-c5ccccc5)n4)ccc2n3-c2c(-c3cc(-c4ccccc4)nc(-c4ccccc4)n3)c(-n3c4ccccc4c4ccccc43)cc(-n3c4ccccc4c4ccccc43)c2-c2cc(-c3ccccc3)nc(-c3ccccc3)n2)cc1. The molecule has 0 fully saturated rings. The molecule has 6 heterocycles. The van der Waals surface area contributed by atoms with E-state index in [0.717, 1.165) is 161 Å². The minimum absolute atomic E-state index is 0.587. The van der Waals surface area contributed by atoms with Crippen LogP contribution in [0.1, 0.15) is 0 Å². The quantitative estimate of drug-likeness (QED) is 0.122. The molecule has 0 bridgehead atoms. The van der Waals surface area contributed by atoms with E-state index >= 15 is 0 Å². The highest BCUT2D eigenvalue weighted by Gasteiger charge is 2.33. The van der Waals surface area contributed by atoms with E-state index < -0.39 is 0 Å². The van der Waals surface area contributed by atoms with Gasteiger partial charge in [-0.2, -0.15) is 0 Å². The lowest BCUT2D eigenvalue weighted by molar-refractivity contribution is 1.08. The van der Waals surface area contributed by atoms with Gasteiger partial charge in [-0.1, -0.05) is 273 Å². The van der Waals surface area contributed by atoms with Crippen LogP contribution in [0.5, 0.6) is 0 Å². The summed E-state index contributed by atoms with van der Waals surface area (Å²) in [4.78, 5) is 28.4. The zero-order chi connectivity index (χ0) is 65.3. The van der Waals surface area contributed by atoms with Crippen LogP contribution in [0.2, 0.25) is 0 Å². The zero-order valence-electron chi connectivity index (χ0n) is 53.6. The third kappa shape index (κ3) is 9.80. The Bertz CT molecular complexity index is 5840. The fourth-order valence-corrected chi connectivity index (χ4v) is 14.8. The molecule has 0 saturated carbocycles. The first kappa shape index (κ1) is 57.1. The van der Waals surface area contributed by atoms with Gasteiger partial charge in [-0.05, 0) is 90.0 Å². The summed E-state index contributed by atoms with van der Waals surface area (Å²) in [7, 11) is 0. The van der Waals surface area contributed by atoms with Crippen LogP contribution in [-0.4, -0.2) is 38.6 Å². The summed E-state index contributed by atoms with van der Waals surface area (Å²) in [5.41, 5.74) is 23.1. The number of fused-ring (bicyclic) bond motifs is 9. The van der Waals surface area contributed by atoms with E-state index in [1.807, 2.05) is 18.2 Å². The molecule has 0 unspecified atom stereocenters. The van der Waals surface area contributed by atoms with Crippen LogP contribution in [0.4, 0.5) is 0 Å². The predicted molar refractivity (Wildman–Crippen MR) is 407 cm³/mol. The van der Waals surface area contributed by atoms with Gasteiger partial charge in [-0.25, -0.2) is 24.9 Å². The lowest BCUT2D eigenvalue weighted by atomic mass is 9.94. The predicted octanol–water partition coefficient (Wildman–Crippen LogP) is 23.0. The van der Waals surface area contributed by atoms with Gasteiger partial charge in [0.05, 0.1) is 84.3 Å². The number of nitrogens with zero attached hydrogens (tertiary/aromatic N) is 8. The van der Waals surface area contributed by atoms with Gasteiger partial charge in [0, 0.05) is 76.8 Å². The largest absolute Gasteiger partial charge is 0.308 e. The Kier molecular flexibility index (Phi) is 13.7. The normalized spacial score (nSPS) is 11.6. The van der Waals surface area contributed by atoms with Crippen LogP contribution >= 0.6 is 0 Å². The van der Waals surface area contributed by atoms with Crippen LogP contribution in [0.25, 0.3) is 184 Å². The molecule has 99 heavy (non-hydrogen) atoms. The molecule has 0 atom stereocenters. The zero-order valence-corrected chi connectivity index (χ0v) is 53.6. The van der Waals surface area contributed by atoms with Crippen molar-refractivity contribution < 1.29 is 0 Å². The summed E-state index contributed by atoms with van der Waals surface area (Å²) in [5.74, 6) is 1.17. The van der Waals surface area contributed by atoms with Gasteiger partial charge in [0.2, 0.25) is 0 Å². The van der Waals surface area contributed by atoms with Gasteiger partial charge in [-0.15, -0.1) is 0 Å². The Morgan fingerprint density at radius 2 is 0.485 bits per heavy atom. The molecular formula is C91H58N8. The molecule has 13 aromatic carbocycles. The highest BCUT2D eigenvalue weighted by molar-refractivity contribution is 6.16. The minimum Gasteiger partial charge on any atom is -0.308 e. The molecule has 8 nitrogen and oxygen atoms in total. The standard InChI is InChI=1S/C91H58N8/c1-7-28-59(29-8-1)65-50-52-83-71(54-65)72-55-66(74-45-27-44-73(92-74)60-30-9-2-10-31-60)51-53-84(72)99(83)89-87(77-56-75(61-32-11-3-12-33-61)93-90(95-77)63-36-15-5-16-37-63)85(97-79-46-23-19-40-67(79)68-41-20-24-47-80(68)97)58-86(98-81-48-25-21-42-69(81)70-43-22-26-49-82(70)98)88(89)78-57-76(62-34-13-4-14-35-62)94-91(96-78)64-38-17-6-18-39-64/h1-58H. The van der Waals surface area contributed by atoms with E-state index in [1.54, 1.807) is 0 Å². The average Bonchev–Trinajstić information content (AvgIpc) is 1.60. The number of aromatic nitrogens is 8. The smallest absolute Gasteiger partial charge is 0.160 e. The molecule has 19 aromatic rings. The lowest BCUT2D eigenvalue weighted by Crippen LogP contribution is -2.12. The fraction of sp³-hybridized carbons (Fsp3) is 0. The highest BCUT2D eigenvalue weighted by Crippen LogP contribution is 2.51. The van der Waals surface area contributed by atoms with Crippen LogP contribution in [0.3, 0.4) is 0 Å². The first-order valence-corrected chi connectivity index (χ1v) is 33.5. The van der Waals surface area contributed by atoms with Gasteiger partial charge < -0.3 is 13.7 Å². The molecule has 0 radical (unpaired) electrons. The van der Waals surface area contributed by atoms with Crippen molar-refractivity contribution in [2.75, 3.05) is 0 Å². The summed E-state index contributed by atoms with van der Waals surface area (Å²) in [6, 6.07) is 125. The lowest BCUT2D eigenvalue weighted by Gasteiger charge is -2.27. The van der Waals surface area contributed by atoms with Crippen molar-refractivity contribution in [2.24, 2.45) is 0 Å². The minimum atomic E-state index is 0.587. The molecular weight excluding hydrogens is 1210 g/mol. The van der Waals surface area contributed by atoms with E-state index in [-0.39, 0.29) is 0 Å². The van der Waals surface area contributed by atoms with Crippen molar-refractivity contribution in [3.8, 4) is 119 Å². The molecule has 0 spiro atoms. The van der Waals surface area contributed by atoms with Crippen molar-refractivity contribution in [3.63, 3.8) is 0 Å². The molecule has 19 rings (SSSR count). The van der Waals surface area contributed by atoms with Gasteiger partial charge in [-0.3, -0.25) is 0 Å². The van der Waals surface area contributed by atoms with E-state index in [0.29, 0.717) is 23.0 Å². The molecule has 8 heteroatoms. The molecule has 0 aliphatic rings. The molecule has 0 amide bonds. The number of pyridine rings is 1. The maximum Gasteiger partial charge on any atom is 0.160 e. The number of hydrogen-bond acceptors (Lipinski definition) is 5. The van der Waals surface area contributed by atoms with Gasteiger partial charge in [0.15, 0.2) is 11.6 Å². The van der Waals surface area contributed by atoms with E-state index in [9.17, 15) is 0 Å². The van der Waals surface area contributed by atoms with Crippen molar-refractivity contribution in [1.82, 2.24) is 38.6 Å². The summed E-state index contributed by atoms with van der Waals surface area (Å²) >= 11 is 0. The van der Waals surface area contributed by atoms with Gasteiger partial charge in [0.1, 0.15) is 0 Å². The maximum absolute atomic E-state index is 5.97. The monoisotopic (exact) mass is 1260 g/mol. The second-order valence-electron chi connectivity index (χ2n) is 25.1. The van der Waals surface area contributed by atoms with E-state index in [1.165, 1.54) is 0 Å². The third-order valence-corrected chi connectivity index (χ3v) is 19.3. The Balaban J connectivity index is 1.07. The highest BCUT2D eigenvalue weighted by atomic mass is 15.1. The molecule has 0 aliphatic carbocycles. The van der Waals surface area contributed by atoms with E-state index in [2.05, 4.69) is 347 Å². The first-order valence-electron chi connectivity index (χ1n) is 33.5. The summed E-state index contributed by atoms with van der Waals surface area (Å²) in [6.45, 7) is 0. The number of benzene rings is 13. The van der Waals surface area contributed by atoms with Crippen LogP contribution in [0, 0.1) is 0 Å². The Hall–Kier alpha value is -13.4. The summed E-state index contributed by atoms with van der Waals surface area (Å²) in [5, 5.41) is 6.59. The van der Waals surface area contributed by atoms with Crippen LogP contribution in [-0.2, 0) is 0 Å². The first-order chi connectivity index (χ1) is 49.1. The molecule has 0 N–H and O–H groups in total. The van der Waals surface area contributed by atoms with Gasteiger partial charge >= 0.3 is 0 Å². The summed E-state index contributed by atoms with van der Waals surface area (Å²) < 4.78 is 7.48. The molecule has 0 saturated heterocycles. The van der Waals surface area contributed by atoms with Crippen LogP contribution < -0.4 is 0 Å². The topological polar surface area (TPSA) is 79.2 Å². The van der Waals surface area contributed by atoms with Crippen molar-refractivity contribution in [3.05, 3.63) is 352 Å². The molecule has 0 aliphatic heterocycles. The van der Waals surface area contributed by atoms with Crippen molar-refractivity contribution >= 4 is 65.4 Å². The Morgan fingerprint density at radius 3 is 0.899 bits per heavy atom. The molecule has 462 valence electrons. The number of para-hydroxylation sites is 4. The molecule has 6 aromatic heterocycles. The fourth-order valence-electron chi connectivity index (χ4n) is 14.8. The second kappa shape index (κ2) is 23.8. The average molecular weight is 1260 g/mol. The number of rotatable bonds is 12. The second-order valence-corrected chi connectivity index (χ2v) is 25.1. The Labute approximate surface area is 571 Å². The van der Waals surface area contributed by atoms with Crippen molar-refractivity contribution in [1.29, 1.82) is 0 Å². The maximum atomic E-state index is 5.97. The van der Waals surface area contributed by atoms with Gasteiger partial charge in [0.25, 0.3) is 0 Å². The van der Waals surface area contributed by atoms with E-state index in [4.69, 9.17) is 24.9 Å². The van der Waals surface area contributed by atoms with Crippen LogP contribution in [0.15, 0.2) is 352 Å². The summed E-state index contributed by atoms with van der Waals surface area (Å²) in [6.07, 6.45) is 0. The van der Waals surface area contributed by atoms with Crippen molar-refractivity contribution in [2.45, 2.75) is 0 Å². The number of hydrogen-bond donors (Lipinski definition) is 0.